The molecule has 2 aromatic heterocycles. The van der Waals surface area contributed by atoms with E-state index in [1.807, 2.05) is 26.3 Å². The highest BCUT2D eigenvalue weighted by atomic mass is 32.1. The smallest absolute Gasteiger partial charge is 0.410 e. The summed E-state index contributed by atoms with van der Waals surface area (Å²) in [6.07, 6.45) is 1.68. The van der Waals surface area contributed by atoms with Crippen molar-refractivity contribution < 1.29 is 9.53 Å². The van der Waals surface area contributed by atoms with Gasteiger partial charge in [0.25, 0.3) is 0 Å². The van der Waals surface area contributed by atoms with E-state index in [-0.39, 0.29) is 6.09 Å². The molecule has 2 aromatic rings. The molecule has 3 rings (SSSR count). The number of nitrogens with zero attached hydrogens (tertiary/aromatic N) is 3. The maximum Gasteiger partial charge on any atom is 0.410 e. The van der Waals surface area contributed by atoms with Crippen LogP contribution in [0.1, 0.15) is 44.5 Å². The number of ether oxygens (including phenoxy) is 1. The summed E-state index contributed by atoms with van der Waals surface area (Å²) in [5.41, 5.74) is 1.41. The van der Waals surface area contributed by atoms with Crippen LogP contribution in [0, 0.1) is 0 Å². The van der Waals surface area contributed by atoms with Gasteiger partial charge in [-0.05, 0) is 33.6 Å². The fourth-order valence-electron chi connectivity index (χ4n) is 2.41. The number of rotatable bonds is 1. The van der Waals surface area contributed by atoms with Crippen LogP contribution in [0.25, 0.3) is 9.66 Å². The molecule has 0 spiro atoms. The average molecular weight is 325 g/mol. The van der Waals surface area contributed by atoms with Gasteiger partial charge in [0.15, 0.2) is 9.66 Å². The van der Waals surface area contributed by atoms with Crippen molar-refractivity contribution in [2.24, 2.45) is 0 Å². The molecular formula is C14H19N3O2S2. The molecule has 1 fully saturated rings. The van der Waals surface area contributed by atoms with Gasteiger partial charge in [-0.1, -0.05) is 11.3 Å². The monoisotopic (exact) mass is 325 g/mol. The zero-order chi connectivity index (χ0) is 15.0. The van der Waals surface area contributed by atoms with Gasteiger partial charge in [-0.15, -0.1) is 11.3 Å². The molecule has 7 heteroatoms. The van der Waals surface area contributed by atoms with Crippen LogP contribution >= 0.6 is 22.7 Å². The number of aromatic nitrogens is 2. The molecular weight excluding hydrogens is 306 g/mol. The number of hydrogen-bond donors (Lipinski definition) is 0. The lowest BCUT2D eigenvalue weighted by Gasteiger charge is -2.32. The molecule has 0 atom stereocenters. The molecule has 114 valence electrons. The molecule has 0 aromatic carbocycles. The standard InChI is InChI=1S/C14H19N3O2S2/c1-14(2,3)19-13(18)17-6-4-9(5-7-17)10-16-12-11(21-10)15-8-20-12/h8-9H,4-7H2,1-3H3. The molecule has 1 aliphatic rings. The maximum atomic E-state index is 12.0. The molecule has 0 unspecified atom stereocenters. The third kappa shape index (κ3) is 3.35. The van der Waals surface area contributed by atoms with E-state index in [4.69, 9.17) is 4.74 Å². The zero-order valence-electron chi connectivity index (χ0n) is 12.5. The first kappa shape index (κ1) is 14.7. The van der Waals surface area contributed by atoms with Crippen molar-refractivity contribution in [1.29, 1.82) is 0 Å². The first-order chi connectivity index (χ1) is 9.92. The van der Waals surface area contributed by atoms with Crippen LogP contribution in [0.5, 0.6) is 0 Å². The minimum Gasteiger partial charge on any atom is -0.444 e. The van der Waals surface area contributed by atoms with Crippen LogP contribution in [0.15, 0.2) is 5.51 Å². The van der Waals surface area contributed by atoms with E-state index in [1.165, 1.54) is 0 Å². The molecule has 0 radical (unpaired) electrons. The molecule has 1 aliphatic heterocycles. The Morgan fingerprint density at radius 3 is 2.67 bits per heavy atom. The number of carbonyl (C=O) groups excluding carboxylic acids is 1. The molecule has 3 heterocycles. The van der Waals surface area contributed by atoms with E-state index in [0.717, 1.165) is 40.6 Å². The van der Waals surface area contributed by atoms with Gasteiger partial charge in [-0.25, -0.2) is 14.8 Å². The van der Waals surface area contributed by atoms with Crippen molar-refractivity contribution in [3.05, 3.63) is 10.5 Å². The Balaban J connectivity index is 1.60. The second-order valence-electron chi connectivity index (χ2n) is 6.26. The van der Waals surface area contributed by atoms with Gasteiger partial charge in [0, 0.05) is 19.0 Å². The second-order valence-corrected chi connectivity index (χ2v) is 8.10. The quantitative estimate of drug-likeness (QED) is 0.799. The minimum atomic E-state index is -0.431. The summed E-state index contributed by atoms with van der Waals surface area (Å²) in [5, 5.41) is 1.16. The van der Waals surface area contributed by atoms with Crippen molar-refractivity contribution >= 4 is 38.4 Å². The molecule has 0 bridgehead atoms. The third-order valence-electron chi connectivity index (χ3n) is 3.43. The molecule has 0 saturated carbocycles. The van der Waals surface area contributed by atoms with Gasteiger partial charge < -0.3 is 9.64 Å². The number of hydrogen-bond acceptors (Lipinski definition) is 6. The van der Waals surface area contributed by atoms with Gasteiger partial charge in [-0.2, -0.15) is 0 Å². The molecule has 1 saturated heterocycles. The van der Waals surface area contributed by atoms with Gasteiger partial charge in [0.05, 0.1) is 10.5 Å². The van der Waals surface area contributed by atoms with E-state index in [1.54, 1.807) is 27.6 Å². The topological polar surface area (TPSA) is 55.3 Å². The van der Waals surface area contributed by atoms with Crippen LogP contribution < -0.4 is 0 Å². The van der Waals surface area contributed by atoms with Crippen molar-refractivity contribution in [3.8, 4) is 0 Å². The second kappa shape index (κ2) is 5.53. The van der Waals surface area contributed by atoms with E-state index in [9.17, 15) is 4.79 Å². The van der Waals surface area contributed by atoms with E-state index >= 15 is 0 Å². The molecule has 0 N–H and O–H groups in total. The Hall–Kier alpha value is -1.21. The summed E-state index contributed by atoms with van der Waals surface area (Å²) in [6, 6.07) is 0. The summed E-state index contributed by atoms with van der Waals surface area (Å²) >= 11 is 3.27. The van der Waals surface area contributed by atoms with Crippen molar-refractivity contribution in [3.63, 3.8) is 0 Å². The highest BCUT2D eigenvalue weighted by molar-refractivity contribution is 7.25. The fourth-order valence-corrected chi connectivity index (χ4v) is 4.34. The van der Waals surface area contributed by atoms with Crippen molar-refractivity contribution in [2.75, 3.05) is 13.1 Å². The number of carbonyl (C=O) groups is 1. The van der Waals surface area contributed by atoms with Crippen LogP contribution in [0.2, 0.25) is 0 Å². The Kier molecular flexibility index (Phi) is 3.88. The van der Waals surface area contributed by atoms with Crippen LogP contribution in [-0.4, -0.2) is 39.7 Å². The van der Waals surface area contributed by atoms with Crippen LogP contribution in [0.4, 0.5) is 4.79 Å². The van der Waals surface area contributed by atoms with Gasteiger partial charge >= 0.3 is 6.09 Å². The predicted molar refractivity (Wildman–Crippen MR) is 85.1 cm³/mol. The number of piperidine rings is 1. The van der Waals surface area contributed by atoms with Crippen molar-refractivity contribution in [1.82, 2.24) is 14.9 Å². The number of likely N-dealkylation sites (tertiary alicyclic amines) is 1. The minimum absolute atomic E-state index is 0.206. The van der Waals surface area contributed by atoms with E-state index in [2.05, 4.69) is 9.97 Å². The Bertz CT molecular complexity index is 607. The van der Waals surface area contributed by atoms with E-state index in [0.29, 0.717) is 5.92 Å². The molecule has 1 amide bonds. The lowest BCUT2D eigenvalue weighted by molar-refractivity contribution is 0.0205. The molecule has 5 nitrogen and oxygen atoms in total. The summed E-state index contributed by atoms with van der Waals surface area (Å²) in [5.74, 6) is 0.440. The maximum absolute atomic E-state index is 12.0. The number of thiazole rings is 2. The Morgan fingerprint density at radius 1 is 1.33 bits per heavy atom. The normalized spacial score (nSPS) is 17.4. The molecule has 21 heavy (non-hydrogen) atoms. The molecule has 0 aliphatic carbocycles. The Morgan fingerprint density at radius 2 is 2.05 bits per heavy atom. The van der Waals surface area contributed by atoms with Crippen molar-refractivity contribution in [2.45, 2.75) is 45.1 Å². The number of fused-ring (bicyclic) bond motifs is 1. The lowest BCUT2D eigenvalue weighted by atomic mass is 9.98. The van der Waals surface area contributed by atoms with Gasteiger partial charge in [0.2, 0.25) is 0 Å². The highest BCUT2D eigenvalue weighted by Gasteiger charge is 2.29. The average Bonchev–Trinajstić information content (AvgIpc) is 2.97. The summed E-state index contributed by atoms with van der Waals surface area (Å²) < 4.78 is 5.42. The third-order valence-corrected chi connectivity index (χ3v) is 5.40. The van der Waals surface area contributed by atoms with Crippen LogP contribution in [-0.2, 0) is 4.74 Å². The largest absolute Gasteiger partial charge is 0.444 e. The van der Waals surface area contributed by atoms with Crippen LogP contribution in [0.3, 0.4) is 0 Å². The van der Waals surface area contributed by atoms with Gasteiger partial charge in [0.1, 0.15) is 5.60 Å². The summed E-state index contributed by atoms with van der Waals surface area (Å²) in [4.78, 5) is 24.9. The lowest BCUT2D eigenvalue weighted by Crippen LogP contribution is -2.41. The fraction of sp³-hybridized carbons (Fsp3) is 0.643. The highest BCUT2D eigenvalue weighted by Crippen LogP contribution is 2.34. The SMILES string of the molecule is CC(C)(C)OC(=O)N1CCC(c2nc3scnc3s2)CC1. The summed E-state index contributed by atoms with van der Waals surface area (Å²) in [7, 11) is 0. The summed E-state index contributed by atoms with van der Waals surface area (Å²) in [6.45, 7) is 7.16. The predicted octanol–water partition coefficient (Wildman–Crippen LogP) is 3.87. The number of amides is 1. The Labute approximate surface area is 132 Å². The van der Waals surface area contributed by atoms with Gasteiger partial charge in [-0.3, -0.25) is 0 Å². The first-order valence-corrected chi connectivity index (χ1v) is 8.80. The van der Waals surface area contributed by atoms with E-state index < -0.39 is 5.60 Å². The zero-order valence-corrected chi connectivity index (χ0v) is 14.1. The first-order valence-electron chi connectivity index (χ1n) is 7.10.